The van der Waals surface area contributed by atoms with E-state index in [9.17, 15) is 0 Å². The number of para-hydroxylation sites is 2. The molecule has 0 saturated heterocycles. The van der Waals surface area contributed by atoms with Crippen molar-refractivity contribution in [1.82, 2.24) is 0 Å². The molecule has 0 fully saturated rings. The fourth-order valence-electron chi connectivity index (χ4n) is 1.90. The van der Waals surface area contributed by atoms with Crippen LogP contribution in [-0.4, -0.2) is 7.05 Å². The Bertz CT molecular complexity index is 500. The van der Waals surface area contributed by atoms with Gasteiger partial charge in [0.05, 0.1) is 0 Å². The minimum Gasteiger partial charge on any atom is -0.344 e. The maximum absolute atomic E-state index is 2.20. The summed E-state index contributed by atoms with van der Waals surface area (Å²) in [7, 11) is 2.09. The third-order valence-electron chi connectivity index (χ3n) is 2.79. The molecule has 86 valence electrons. The Hall–Kier alpha value is -2.02. The SMILES string of the molecule is C/C=C/c1ccccc1N(C)c1ccccc1. The van der Waals surface area contributed by atoms with Crippen LogP contribution in [0.2, 0.25) is 0 Å². The molecule has 0 N–H and O–H groups in total. The molecule has 2 aromatic rings. The first-order chi connectivity index (χ1) is 8.33. The van der Waals surface area contributed by atoms with Crippen LogP contribution in [0.25, 0.3) is 6.08 Å². The molecule has 17 heavy (non-hydrogen) atoms. The number of allylic oxidation sites excluding steroid dienone is 1. The van der Waals surface area contributed by atoms with E-state index < -0.39 is 0 Å². The zero-order valence-electron chi connectivity index (χ0n) is 10.3. The number of hydrogen-bond donors (Lipinski definition) is 0. The molecule has 2 rings (SSSR count). The summed E-state index contributed by atoms with van der Waals surface area (Å²) < 4.78 is 0. The Kier molecular flexibility index (Phi) is 3.61. The van der Waals surface area contributed by atoms with Gasteiger partial charge in [-0.05, 0) is 30.7 Å². The lowest BCUT2D eigenvalue weighted by molar-refractivity contribution is 1.20. The van der Waals surface area contributed by atoms with Gasteiger partial charge in [-0.25, -0.2) is 0 Å². The van der Waals surface area contributed by atoms with Gasteiger partial charge >= 0.3 is 0 Å². The summed E-state index contributed by atoms with van der Waals surface area (Å²) >= 11 is 0. The van der Waals surface area contributed by atoms with E-state index in [4.69, 9.17) is 0 Å². The van der Waals surface area contributed by atoms with Crippen molar-refractivity contribution in [3.05, 3.63) is 66.2 Å². The Labute approximate surface area is 103 Å². The molecule has 0 aliphatic carbocycles. The van der Waals surface area contributed by atoms with E-state index in [-0.39, 0.29) is 0 Å². The maximum atomic E-state index is 2.20. The van der Waals surface area contributed by atoms with Gasteiger partial charge in [0.15, 0.2) is 0 Å². The average molecular weight is 223 g/mol. The summed E-state index contributed by atoms with van der Waals surface area (Å²) in [5, 5.41) is 0. The van der Waals surface area contributed by atoms with Crippen LogP contribution in [0.5, 0.6) is 0 Å². The molecular formula is C16H17N. The Morgan fingerprint density at radius 1 is 0.882 bits per heavy atom. The van der Waals surface area contributed by atoms with Gasteiger partial charge in [-0.3, -0.25) is 0 Å². The molecule has 0 spiro atoms. The van der Waals surface area contributed by atoms with Crippen molar-refractivity contribution >= 4 is 17.5 Å². The van der Waals surface area contributed by atoms with Crippen molar-refractivity contribution in [3.8, 4) is 0 Å². The number of benzene rings is 2. The lowest BCUT2D eigenvalue weighted by Gasteiger charge is -2.21. The van der Waals surface area contributed by atoms with E-state index in [1.165, 1.54) is 16.9 Å². The smallest absolute Gasteiger partial charge is 0.0481 e. The minimum absolute atomic E-state index is 1.20. The lowest BCUT2D eigenvalue weighted by atomic mass is 10.1. The number of anilines is 2. The third kappa shape index (κ3) is 2.56. The second-order valence-electron chi connectivity index (χ2n) is 3.95. The highest BCUT2D eigenvalue weighted by Gasteiger charge is 2.05. The normalized spacial score (nSPS) is 10.7. The van der Waals surface area contributed by atoms with Crippen LogP contribution in [0.3, 0.4) is 0 Å². The summed E-state index contributed by atoms with van der Waals surface area (Å²) in [6, 6.07) is 18.8. The van der Waals surface area contributed by atoms with Crippen LogP contribution in [0.1, 0.15) is 12.5 Å². The van der Waals surface area contributed by atoms with E-state index in [0.717, 1.165) is 0 Å². The van der Waals surface area contributed by atoms with Crippen molar-refractivity contribution in [2.45, 2.75) is 6.92 Å². The molecular weight excluding hydrogens is 206 g/mol. The first kappa shape index (κ1) is 11.5. The predicted molar refractivity (Wildman–Crippen MR) is 75.7 cm³/mol. The zero-order valence-corrected chi connectivity index (χ0v) is 10.3. The molecule has 2 aromatic carbocycles. The molecule has 0 aliphatic rings. The van der Waals surface area contributed by atoms with E-state index in [0.29, 0.717) is 0 Å². The second kappa shape index (κ2) is 5.35. The maximum Gasteiger partial charge on any atom is 0.0481 e. The zero-order chi connectivity index (χ0) is 12.1. The molecule has 0 amide bonds. The predicted octanol–water partition coefficient (Wildman–Crippen LogP) is 4.49. The summed E-state index contributed by atoms with van der Waals surface area (Å²) in [5.41, 5.74) is 3.66. The minimum atomic E-state index is 1.20. The van der Waals surface area contributed by atoms with Gasteiger partial charge in [0.25, 0.3) is 0 Å². The van der Waals surface area contributed by atoms with Crippen LogP contribution in [0, 0.1) is 0 Å². The Morgan fingerprint density at radius 3 is 2.24 bits per heavy atom. The highest BCUT2D eigenvalue weighted by atomic mass is 15.1. The van der Waals surface area contributed by atoms with Crippen molar-refractivity contribution in [3.63, 3.8) is 0 Å². The lowest BCUT2D eigenvalue weighted by Crippen LogP contribution is -2.10. The number of nitrogens with zero attached hydrogens (tertiary/aromatic N) is 1. The number of hydrogen-bond acceptors (Lipinski definition) is 1. The topological polar surface area (TPSA) is 3.24 Å². The fourth-order valence-corrected chi connectivity index (χ4v) is 1.90. The van der Waals surface area contributed by atoms with Crippen molar-refractivity contribution in [2.75, 3.05) is 11.9 Å². The highest BCUT2D eigenvalue weighted by Crippen LogP contribution is 2.27. The van der Waals surface area contributed by atoms with Crippen LogP contribution < -0.4 is 4.90 Å². The Morgan fingerprint density at radius 2 is 1.53 bits per heavy atom. The fraction of sp³-hybridized carbons (Fsp3) is 0.125. The molecule has 0 heterocycles. The van der Waals surface area contributed by atoms with E-state index >= 15 is 0 Å². The standard InChI is InChI=1S/C16H17N/c1-3-9-14-10-7-8-13-16(14)17(2)15-11-5-4-6-12-15/h3-13H,1-2H3/b9-3+. The van der Waals surface area contributed by atoms with Crippen molar-refractivity contribution in [1.29, 1.82) is 0 Å². The van der Waals surface area contributed by atoms with Gasteiger partial charge in [-0.1, -0.05) is 48.6 Å². The molecule has 0 saturated carbocycles. The molecule has 0 bridgehead atoms. The van der Waals surface area contributed by atoms with Gasteiger partial charge < -0.3 is 4.90 Å². The second-order valence-corrected chi connectivity index (χ2v) is 3.95. The molecule has 0 unspecified atom stereocenters. The third-order valence-corrected chi connectivity index (χ3v) is 2.79. The van der Waals surface area contributed by atoms with Gasteiger partial charge in [-0.2, -0.15) is 0 Å². The molecule has 1 heteroatoms. The van der Waals surface area contributed by atoms with Crippen LogP contribution in [-0.2, 0) is 0 Å². The summed E-state index contributed by atoms with van der Waals surface area (Å²) in [4.78, 5) is 2.20. The molecule has 0 atom stereocenters. The molecule has 1 nitrogen and oxygen atoms in total. The summed E-state index contributed by atoms with van der Waals surface area (Å²) in [5.74, 6) is 0. The number of rotatable bonds is 3. The Balaban J connectivity index is 2.40. The van der Waals surface area contributed by atoms with Gasteiger partial charge in [-0.15, -0.1) is 0 Å². The first-order valence-corrected chi connectivity index (χ1v) is 5.83. The monoisotopic (exact) mass is 223 g/mol. The average Bonchev–Trinajstić information content (AvgIpc) is 2.40. The quantitative estimate of drug-likeness (QED) is 0.741. The van der Waals surface area contributed by atoms with E-state index in [2.05, 4.69) is 72.6 Å². The molecule has 0 radical (unpaired) electrons. The van der Waals surface area contributed by atoms with Crippen molar-refractivity contribution in [2.24, 2.45) is 0 Å². The van der Waals surface area contributed by atoms with Crippen LogP contribution in [0.15, 0.2) is 60.7 Å². The molecule has 0 aliphatic heterocycles. The summed E-state index contributed by atoms with van der Waals surface area (Å²) in [6.45, 7) is 2.04. The van der Waals surface area contributed by atoms with Crippen molar-refractivity contribution < 1.29 is 0 Å². The van der Waals surface area contributed by atoms with Gasteiger partial charge in [0, 0.05) is 18.4 Å². The van der Waals surface area contributed by atoms with E-state index in [1.54, 1.807) is 0 Å². The van der Waals surface area contributed by atoms with Gasteiger partial charge in [0.2, 0.25) is 0 Å². The molecule has 0 aromatic heterocycles. The first-order valence-electron chi connectivity index (χ1n) is 5.83. The largest absolute Gasteiger partial charge is 0.344 e. The van der Waals surface area contributed by atoms with Gasteiger partial charge in [0.1, 0.15) is 0 Å². The van der Waals surface area contributed by atoms with Crippen LogP contribution in [0.4, 0.5) is 11.4 Å². The van der Waals surface area contributed by atoms with Crippen LogP contribution >= 0.6 is 0 Å². The van der Waals surface area contributed by atoms with E-state index in [1.807, 2.05) is 13.0 Å². The highest BCUT2D eigenvalue weighted by molar-refractivity contribution is 5.73. The summed E-state index contributed by atoms with van der Waals surface area (Å²) in [6.07, 6.45) is 4.20.